The lowest BCUT2D eigenvalue weighted by atomic mass is 9.88. The summed E-state index contributed by atoms with van der Waals surface area (Å²) in [6.45, 7) is 0.738. The van der Waals surface area contributed by atoms with Crippen LogP contribution in [0.3, 0.4) is 0 Å². The van der Waals surface area contributed by atoms with E-state index in [-0.39, 0.29) is 11.8 Å². The molecule has 14 aromatic rings. The van der Waals surface area contributed by atoms with Crippen LogP contribution in [-0.2, 0) is 13.6 Å². The van der Waals surface area contributed by atoms with E-state index in [1.165, 1.54) is 15.4 Å². The molecule has 11 nitrogen and oxygen atoms in total. The molecule has 5 heterocycles. The third-order valence-corrected chi connectivity index (χ3v) is 16.5. The first kappa shape index (κ1) is 46.1. The van der Waals surface area contributed by atoms with Crippen molar-refractivity contribution in [3.05, 3.63) is 252 Å². The molecule has 0 bridgehead atoms. The summed E-state index contributed by atoms with van der Waals surface area (Å²) in [5.41, 5.74) is 13.4. The zero-order valence-electron chi connectivity index (χ0n) is 43.3. The van der Waals surface area contributed by atoms with E-state index in [1.807, 2.05) is 66.7 Å². The van der Waals surface area contributed by atoms with Gasteiger partial charge in [-0.2, -0.15) is 0 Å². The van der Waals surface area contributed by atoms with Gasteiger partial charge < -0.3 is 13.6 Å². The Morgan fingerprint density at radius 2 is 0.741 bits per heavy atom. The number of fused-ring (bicyclic) bond motifs is 6. The van der Waals surface area contributed by atoms with Gasteiger partial charge in [-0.1, -0.05) is 115 Å². The first-order valence-electron chi connectivity index (χ1n) is 26.7. The second-order valence-corrected chi connectivity index (χ2v) is 20.8. The molecule has 0 aliphatic carbocycles. The average molecular weight is 1050 g/mol. The summed E-state index contributed by atoms with van der Waals surface area (Å²) in [4.78, 5) is 60.0. The van der Waals surface area contributed by atoms with Crippen molar-refractivity contribution in [2.75, 3.05) is 9.80 Å². The van der Waals surface area contributed by atoms with Crippen molar-refractivity contribution in [1.82, 2.24) is 19.3 Å². The number of hydrogen-bond acceptors (Lipinski definition) is 7. The maximum absolute atomic E-state index is 14.5. The first-order chi connectivity index (χ1) is 39.8. The molecule has 0 unspecified atom stereocenters. The molecule has 0 radical (unpaired) electrons. The lowest BCUT2D eigenvalue weighted by molar-refractivity contribution is 0.0877. The normalized spacial score (nSPS) is 13.3. The van der Waals surface area contributed by atoms with Gasteiger partial charge in [0.05, 0.1) is 11.4 Å². The van der Waals surface area contributed by atoms with E-state index in [0.29, 0.717) is 55.5 Å². The largest absolute Gasteiger partial charge is 0.416 e. The number of carbonyl (C=O) groups is 4. The van der Waals surface area contributed by atoms with Crippen LogP contribution in [0.4, 0.5) is 11.4 Å². The fourth-order valence-corrected chi connectivity index (χ4v) is 12.6. The average Bonchev–Trinajstić information content (AvgIpc) is 4.30. The van der Waals surface area contributed by atoms with Crippen molar-refractivity contribution >= 4 is 100 Å². The molecule has 0 spiro atoms. The molecule has 16 rings (SSSR count). The highest BCUT2D eigenvalue weighted by Crippen LogP contribution is 2.43. The van der Waals surface area contributed by atoms with Crippen molar-refractivity contribution in [1.29, 1.82) is 0 Å². The zero-order chi connectivity index (χ0) is 54.2. The van der Waals surface area contributed by atoms with Gasteiger partial charge in [0, 0.05) is 101 Å². The van der Waals surface area contributed by atoms with Crippen LogP contribution in [0.25, 0.3) is 110 Å². The predicted molar refractivity (Wildman–Crippen MR) is 319 cm³/mol. The van der Waals surface area contributed by atoms with Crippen LogP contribution >= 0.6 is 0 Å². The summed E-state index contributed by atoms with van der Waals surface area (Å²) >= 11 is 0. The number of carbonyl (C=O) groups excluding carboxylic acids is 4. The highest BCUT2D eigenvalue weighted by Gasteiger charge is 2.36. The van der Waals surface area contributed by atoms with E-state index < -0.39 is 23.6 Å². The van der Waals surface area contributed by atoms with E-state index in [9.17, 15) is 19.2 Å². The molecular formula is C70H42N6O5. The minimum Gasteiger partial charge on any atom is -0.416 e. The fraction of sp³-hybridized carbons (Fsp3) is 0.0286. The number of aromatic nitrogens is 4. The molecule has 2 aliphatic heterocycles. The number of anilines is 2. The van der Waals surface area contributed by atoms with Gasteiger partial charge in [0.1, 0.15) is 0 Å². The van der Waals surface area contributed by atoms with Gasteiger partial charge >= 0.3 is 0 Å². The molecule has 0 saturated carbocycles. The van der Waals surface area contributed by atoms with Gasteiger partial charge in [-0.25, -0.2) is 9.80 Å². The molecule has 2 aliphatic rings. The number of amides is 4. The van der Waals surface area contributed by atoms with Gasteiger partial charge in [-0.15, -0.1) is 10.2 Å². The van der Waals surface area contributed by atoms with E-state index >= 15 is 0 Å². The van der Waals surface area contributed by atoms with Gasteiger partial charge in [0.25, 0.3) is 23.6 Å². The second kappa shape index (κ2) is 17.5. The zero-order valence-corrected chi connectivity index (χ0v) is 43.3. The molecule has 0 fully saturated rings. The summed E-state index contributed by atoms with van der Waals surface area (Å²) in [5, 5.41) is 16.2. The number of aryl methyl sites for hydroxylation is 1. The van der Waals surface area contributed by atoms with Crippen LogP contribution in [0, 0.1) is 0 Å². The fourth-order valence-electron chi connectivity index (χ4n) is 12.6. The number of hydrogen-bond donors (Lipinski definition) is 0. The standard InChI is InChI=1S/C70H42N6O5/c1-73-59-19-7-5-13-49(59)57-37-43(25-35-60(57)73)47-31-33-55-63-51(47)15-9-17-53(63)67(77)75(69(55)79)45-27-21-41(22-28-45)65-71-72-66(81-65)42-23-29-46(30-24-42)76-68(78)54-18-10-16-52-48(32-34-56(64(52)54)70(76)80)44-26-36-62-58(38-44)50-14-6-8-20-61(50)74(62)39-40-11-3-2-4-12-40/h2-38H,39H2,1H3. The number of benzene rings is 11. The molecule has 4 amide bonds. The van der Waals surface area contributed by atoms with Gasteiger partial charge in [-0.3, -0.25) is 19.2 Å². The van der Waals surface area contributed by atoms with Crippen molar-refractivity contribution in [3.8, 4) is 45.2 Å². The lowest BCUT2D eigenvalue weighted by Crippen LogP contribution is -2.40. The van der Waals surface area contributed by atoms with Gasteiger partial charge in [0.15, 0.2) is 0 Å². The monoisotopic (exact) mass is 1050 g/mol. The Hall–Kier alpha value is -11.0. The van der Waals surface area contributed by atoms with Crippen LogP contribution in [0.2, 0.25) is 0 Å². The summed E-state index contributed by atoms with van der Waals surface area (Å²) in [7, 11) is 2.07. The topological polar surface area (TPSA) is 124 Å². The smallest absolute Gasteiger partial charge is 0.265 e. The number of imide groups is 2. The molecule has 11 aromatic carbocycles. The molecule has 11 heteroatoms. The Kier molecular flexibility index (Phi) is 9.95. The Labute approximate surface area is 461 Å². The van der Waals surface area contributed by atoms with Gasteiger partial charge in [-0.05, 0) is 148 Å². The van der Waals surface area contributed by atoms with Gasteiger partial charge in [0.2, 0.25) is 11.8 Å². The lowest BCUT2D eigenvalue weighted by Gasteiger charge is -2.28. The van der Waals surface area contributed by atoms with Crippen LogP contribution in [0.1, 0.15) is 47.0 Å². The van der Waals surface area contributed by atoms with Crippen molar-refractivity contribution in [2.45, 2.75) is 6.54 Å². The SMILES string of the molecule is Cn1c2ccccc2c2cc(-c3ccc4c5c(cccc35)C(=O)N(c3ccc(-c5nnc(-c6ccc(N7C(=O)c8cccc9c(-c%10ccc%11c(c%10)c%10ccccc%10n%11Cc%10ccccc%10)ccc(c89)C7=O)cc6)o5)cc3)C4=O)ccc21. The first-order valence-corrected chi connectivity index (χ1v) is 26.7. The molecule has 0 atom stereocenters. The van der Waals surface area contributed by atoms with Crippen molar-refractivity contribution in [3.63, 3.8) is 0 Å². The third-order valence-electron chi connectivity index (χ3n) is 16.5. The highest BCUT2D eigenvalue weighted by atomic mass is 16.4. The summed E-state index contributed by atoms with van der Waals surface area (Å²) in [6, 6.07) is 72.8. The quantitative estimate of drug-likeness (QED) is 0.139. The second-order valence-electron chi connectivity index (χ2n) is 20.8. The predicted octanol–water partition coefficient (Wildman–Crippen LogP) is 15.4. The van der Waals surface area contributed by atoms with Crippen molar-refractivity contribution < 1.29 is 23.6 Å². The Balaban J connectivity index is 0.647. The molecule has 0 saturated heterocycles. The number of nitrogens with zero attached hydrogens (tertiary/aromatic N) is 6. The van der Waals surface area contributed by atoms with Crippen LogP contribution in [-0.4, -0.2) is 43.0 Å². The van der Waals surface area contributed by atoms with Crippen molar-refractivity contribution in [2.24, 2.45) is 7.05 Å². The molecule has 382 valence electrons. The summed E-state index contributed by atoms with van der Waals surface area (Å²) in [6.07, 6.45) is 0. The Morgan fingerprint density at radius 3 is 1.28 bits per heavy atom. The Bertz CT molecular complexity index is 5030. The molecule has 81 heavy (non-hydrogen) atoms. The highest BCUT2D eigenvalue weighted by molar-refractivity contribution is 6.38. The minimum absolute atomic E-state index is 0.223. The van der Waals surface area contributed by atoms with Crippen LogP contribution in [0.5, 0.6) is 0 Å². The minimum atomic E-state index is -0.416. The van der Waals surface area contributed by atoms with E-state index in [4.69, 9.17) is 4.42 Å². The van der Waals surface area contributed by atoms with E-state index in [1.54, 1.807) is 60.7 Å². The van der Waals surface area contributed by atoms with E-state index in [0.717, 1.165) is 83.2 Å². The third kappa shape index (κ3) is 6.88. The van der Waals surface area contributed by atoms with E-state index in [2.05, 4.69) is 123 Å². The molecule has 3 aromatic heterocycles. The maximum Gasteiger partial charge on any atom is 0.265 e. The summed E-state index contributed by atoms with van der Waals surface area (Å²) < 4.78 is 10.7. The number of para-hydroxylation sites is 2. The number of rotatable bonds is 8. The summed E-state index contributed by atoms with van der Waals surface area (Å²) in [5.74, 6) is -1.21. The molecule has 0 N–H and O–H groups in total. The Morgan fingerprint density at radius 1 is 0.346 bits per heavy atom. The maximum atomic E-state index is 14.5. The van der Waals surface area contributed by atoms with Crippen LogP contribution in [0.15, 0.2) is 229 Å². The molecular weight excluding hydrogens is 1000 g/mol. The van der Waals surface area contributed by atoms with Crippen LogP contribution < -0.4 is 9.80 Å².